The molecule has 0 bridgehead atoms. The lowest BCUT2D eigenvalue weighted by Crippen LogP contribution is -2.21. The van der Waals surface area contributed by atoms with Crippen molar-refractivity contribution < 1.29 is 13.9 Å². The molecule has 0 unspecified atom stereocenters. The average Bonchev–Trinajstić information content (AvgIpc) is 2.80. The SMILES string of the molecule is CCOC(=O)C=C1NCCN1Cc1ccccc1F. The van der Waals surface area contributed by atoms with Gasteiger partial charge in [0.1, 0.15) is 11.6 Å². The molecule has 0 radical (unpaired) electrons. The van der Waals surface area contributed by atoms with Gasteiger partial charge in [-0.15, -0.1) is 0 Å². The van der Waals surface area contributed by atoms with Crippen LogP contribution in [-0.2, 0) is 16.1 Å². The molecule has 1 N–H and O–H groups in total. The second-order valence-corrected chi connectivity index (χ2v) is 4.22. The Kier molecular flexibility index (Phi) is 4.39. The molecule has 0 saturated carbocycles. The van der Waals surface area contributed by atoms with Crippen LogP contribution in [0.1, 0.15) is 12.5 Å². The lowest BCUT2D eigenvalue weighted by atomic mass is 10.2. The lowest BCUT2D eigenvalue weighted by Gasteiger charge is -2.19. The fourth-order valence-corrected chi connectivity index (χ4v) is 1.99. The van der Waals surface area contributed by atoms with Crippen LogP contribution in [0.2, 0.25) is 0 Å². The van der Waals surface area contributed by atoms with Gasteiger partial charge < -0.3 is 15.0 Å². The number of carbonyl (C=O) groups is 1. The van der Waals surface area contributed by atoms with E-state index in [1.807, 2.05) is 4.90 Å². The predicted molar refractivity (Wildman–Crippen MR) is 69.5 cm³/mol. The number of ether oxygens (including phenoxy) is 1. The number of nitrogens with zero attached hydrogens (tertiary/aromatic N) is 1. The van der Waals surface area contributed by atoms with Crippen molar-refractivity contribution in [3.63, 3.8) is 0 Å². The molecule has 0 amide bonds. The minimum absolute atomic E-state index is 0.232. The molecule has 0 aromatic heterocycles. The third-order valence-electron chi connectivity index (χ3n) is 2.89. The number of esters is 1. The summed E-state index contributed by atoms with van der Waals surface area (Å²) in [5, 5.41) is 3.10. The van der Waals surface area contributed by atoms with Crippen LogP contribution in [0.15, 0.2) is 36.2 Å². The minimum Gasteiger partial charge on any atom is -0.463 e. The maximum Gasteiger partial charge on any atom is 0.334 e. The Morgan fingerprint density at radius 3 is 3.05 bits per heavy atom. The van der Waals surface area contributed by atoms with Crippen LogP contribution in [-0.4, -0.2) is 30.6 Å². The standard InChI is InChI=1S/C14H17FN2O2/c1-2-19-14(18)9-13-16-7-8-17(13)10-11-5-3-4-6-12(11)15/h3-6,9,16H,2,7-8,10H2,1H3. The highest BCUT2D eigenvalue weighted by atomic mass is 19.1. The molecule has 19 heavy (non-hydrogen) atoms. The van der Waals surface area contributed by atoms with Gasteiger partial charge in [0.2, 0.25) is 0 Å². The first-order chi connectivity index (χ1) is 9.20. The second-order valence-electron chi connectivity index (χ2n) is 4.22. The molecule has 2 rings (SSSR count). The molecule has 102 valence electrons. The Bertz CT molecular complexity index is 488. The monoisotopic (exact) mass is 264 g/mol. The summed E-state index contributed by atoms with van der Waals surface area (Å²) in [5.41, 5.74) is 0.612. The van der Waals surface area contributed by atoms with Crippen molar-refractivity contribution in [1.29, 1.82) is 0 Å². The van der Waals surface area contributed by atoms with Gasteiger partial charge in [-0.05, 0) is 13.0 Å². The van der Waals surface area contributed by atoms with Gasteiger partial charge in [0.15, 0.2) is 0 Å². The first-order valence-corrected chi connectivity index (χ1v) is 6.31. The molecule has 1 aliphatic heterocycles. The van der Waals surface area contributed by atoms with Crippen molar-refractivity contribution in [3.05, 3.63) is 47.5 Å². The zero-order chi connectivity index (χ0) is 13.7. The van der Waals surface area contributed by atoms with Gasteiger partial charge in [-0.3, -0.25) is 0 Å². The van der Waals surface area contributed by atoms with Crippen LogP contribution in [0.25, 0.3) is 0 Å². The molecule has 4 nitrogen and oxygen atoms in total. The molecule has 5 heteroatoms. The molecule has 0 atom stereocenters. The highest BCUT2D eigenvalue weighted by Gasteiger charge is 2.19. The van der Waals surface area contributed by atoms with Crippen LogP contribution < -0.4 is 5.32 Å². The van der Waals surface area contributed by atoms with Crippen molar-refractivity contribution in [1.82, 2.24) is 10.2 Å². The summed E-state index contributed by atoms with van der Waals surface area (Å²) >= 11 is 0. The molecule has 1 fully saturated rings. The van der Waals surface area contributed by atoms with E-state index < -0.39 is 0 Å². The van der Waals surface area contributed by atoms with Gasteiger partial charge in [-0.25, -0.2) is 9.18 Å². The van der Waals surface area contributed by atoms with Crippen LogP contribution in [0, 0.1) is 5.82 Å². The zero-order valence-electron chi connectivity index (χ0n) is 10.9. The third-order valence-corrected chi connectivity index (χ3v) is 2.89. The quantitative estimate of drug-likeness (QED) is 0.663. The van der Waals surface area contributed by atoms with Gasteiger partial charge in [-0.2, -0.15) is 0 Å². The number of nitrogens with one attached hydrogen (secondary N) is 1. The fourth-order valence-electron chi connectivity index (χ4n) is 1.99. The van der Waals surface area contributed by atoms with Gasteiger partial charge >= 0.3 is 5.97 Å². The van der Waals surface area contributed by atoms with E-state index in [0.29, 0.717) is 24.5 Å². The zero-order valence-corrected chi connectivity index (χ0v) is 10.9. The maximum absolute atomic E-state index is 13.6. The van der Waals surface area contributed by atoms with E-state index in [1.165, 1.54) is 12.1 Å². The van der Waals surface area contributed by atoms with E-state index in [4.69, 9.17) is 4.74 Å². The molecule has 1 aromatic carbocycles. The van der Waals surface area contributed by atoms with E-state index in [-0.39, 0.29) is 11.8 Å². The van der Waals surface area contributed by atoms with E-state index in [9.17, 15) is 9.18 Å². The summed E-state index contributed by atoms with van der Waals surface area (Å²) in [5.74, 6) is 0.0667. The van der Waals surface area contributed by atoms with Gasteiger partial charge in [0, 0.05) is 25.2 Å². The summed E-state index contributed by atoms with van der Waals surface area (Å²) in [4.78, 5) is 13.4. The molecular weight excluding hydrogens is 247 g/mol. The summed E-state index contributed by atoms with van der Waals surface area (Å²) in [6, 6.07) is 6.65. The third kappa shape index (κ3) is 3.47. The molecule has 1 heterocycles. The number of hydrogen-bond acceptors (Lipinski definition) is 4. The first-order valence-electron chi connectivity index (χ1n) is 6.31. The van der Waals surface area contributed by atoms with Crippen molar-refractivity contribution in [2.24, 2.45) is 0 Å². The number of halogens is 1. The summed E-state index contributed by atoms with van der Waals surface area (Å²) in [7, 11) is 0. The Balaban J connectivity index is 2.07. The highest BCUT2D eigenvalue weighted by Crippen LogP contribution is 2.15. The number of hydrogen-bond donors (Lipinski definition) is 1. The van der Waals surface area contributed by atoms with E-state index >= 15 is 0 Å². The van der Waals surface area contributed by atoms with Crippen LogP contribution >= 0.6 is 0 Å². The Morgan fingerprint density at radius 1 is 1.53 bits per heavy atom. The highest BCUT2D eigenvalue weighted by molar-refractivity contribution is 5.82. The molecule has 1 aromatic rings. The minimum atomic E-state index is -0.384. The molecule has 1 saturated heterocycles. The Labute approximate surface area is 111 Å². The Morgan fingerprint density at radius 2 is 2.32 bits per heavy atom. The van der Waals surface area contributed by atoms with E-state index in [2.05, 4.69) is 5.32 Å². The number of benzene rings is 1. The molecular formula is C14H17FN2O2. The van der Waals surface area contributed by atoms with Crippen LogP contribution in [0.5, 0.6) is 0 Å². The van der Waals surface area contributed by atoms with Crippen molar-refractivity contribution >= 4 is 5.97 Å². The van der Waals surface area contributed by atoms with Gasteiger partial charge in [0.25, 0.3) is 0 Å². The number of rotatable bonds is 4. The van der Waals surface area contributed by atoms with Crippen molar-refractivity contribution in [2.75, 3.05) is 19.7 Å². The van der Waals surface area contributed by atoms with Gasteiger partial charge in [0.05, 0.1) is 12.7 Å². The van der Waals surface area contributed by atoms with Gasteiger partial charge in [-0.1, -0.05) is 18.2 Å². The lowest BCUT2D eigenvalue weighted by molar-refractivity contribution is -0.137. The van der Waals surface area contributed by atoms with Crippen molar-refractivity contribution in [3.8, 4) is 0 Å². The van der Waals surface area contributed by atoms with Crippen LogP contribution in [0.4, 0.5) is 4.39 Å². The maximum atomic E-state index is 13.6. The normalized spacial score (nSPS) is 16.5. The topological polar surface area (TPSA) is 41.6 Å². The fraction of sp³-hybridized carbons (Fsp3) is 0.357. The van der Waals surface area contributed by atoms with Crippen LogP contribution in [0.3, 0.4) is 0 Å². The average molecular weight is 264 g/mol. The molecule has 0 spiro atoms. The summed E-state index contributed by atoms with van der Waals surface area (Å²) in [6.45, 7) is 4.01. The summed E-state index contributed by atoms with van der Waals surface area (Å²) in [6.07, 6.45) is 1.41. The van der Waals surface area contributed by atoms with E-state index in [1.54, 1.807) is 25.1 Å². The Hall–Kier alpha value is -2.04. The van der Waals surface area contributed by atoms with E-state index in [0.717, 1.165) is 13.1 Å². The second kappa shape index (κ2) is 6.22. The number of carbonyl (C=O) groups excluding carboxylic acids is 1. The smallest absolute Gasteiger partial charge is 0.334 e. The summed E-state index contributed by atoms with van der Waals surface area (Å²) < 4.78 is 18.5. The first kappa shape index (κ1) is 13.4. The largest absolute Gasteiger partial charge is 0.463 e. The predicted octanol–water partition coefficient (Wildman–Crippen LogP) is 1.64. The molecule has 0 aliphatic carbocycles. The molecule has 1 aliphatic rings. The van der Waals surface area contributed by atoms with Crippen molar-refractivity contribution in [2.45, 2.75) is 13.5 Å².